The van der Waals surface area contributed by atoms with Crippen LogP contribution in [0.1, 0.15) is 26.7 Å². The number of hydrogen-bond acceptors (Lipinski definition) is 4. The molecule has 112 valence electrons. The normalized spacial score (nSPS) is 30.4. The number of piperidine rings is 1. The highest BCUT2D eigenvalue weighted by Gasteiger charge is 2.45. The number of carbonyl (C=O) groups is 3. The van der Waals surface area contributed by atoms with Gasteiger partial charge in [-0.3, -0.25) is 9.59 Å². The molecule has 2 heterocycles. The summed E-state index contributed by atoms with van der Waals surface area (Å²) in [5.41, 5.74) is 0. The van der Waals surface area contributed by atoms with Crippen LogP contribution in [-0.4, -0.2) is 51.5 Å². The van der Waals surface area contributed by atoms with Crippen LogP contribution in [0.5, 0.6) is 0 Å². The van der Waals surface area contributed by atoms with Crippen molar-refractivity contribution in [2.45, 2.75) is 38.1 Å². The Balaban J connectivity index is 2.14. The van der Waals surface area contributed by atoms with Gasteiger partial charge in [-0.1, -0.05) is 13.8 Å². The Morgan fingerprint density at radius 2 is 2.15 bits per heavy atom. The van der Waals surface area contributed by atoms with Gasteiger partial charge in [-0.25, -0.2) is 4.79 Å². The summed E-state index contributed by atoms with van der Waals surface area (Å²) in [7, 11) is 0. The second kappa shape index (κ2) is 6.03. The average Bonchev–Trinajstić information content (AvgIpc) is 2.83. The molecule has 0 spiro atoms. The molecule has 2 aliphatic rings. The maximum absolute atomic E-state index is 12.6. The van der Waals surface area contributed by atoms with Crippen LogP contribution in [0.2, 0.25) is 0 Å². The van der Waals surface area contributed by atoms with E-state index in [0.29, 0.717) is 25.1 Å². The topological polar surface area (TPSA) is 86.7 Å². The monoisotopic (exact) mass is 300 g/mol. The molecule has 2 N–H and O–H groups in total. The van der Waals surface area contributed by atoms with Crippen LogP contribution in [0.3, 0.4) is 0 Å². The lowest BCUT2D eigenvalue weighted by molar-refractivity contribution is -0.152. The van der Waals surface area contributed by atoms with E-state index in [0.717, 1.165) is 0 Å². The SMILES string of the molecule is CC(C)C1SCC(C(=O)O)N1C(=O)C1CCC(=O)NC1. The standard InChI is InChI=1S/C13H20N2O4S/c1-7(2)12-15(9(6-20-12)13(18)19)11(17)8-3-4-10(16)14-5-8/h7-9,12H,3-6H2,1-2H3,(H,14,16)(H,18,19). The highest BCUT2D eigenvalue weighted by atomic mass is 32.2. The number of amides is 2. The lowest BCUT2D eigenvalue weighted by Crippen LogP contribution is -2.52. The second-order valence-electron chi connectivity index (χ2n) is 5.61. The Kier molecular flexibility index (Phi) is 4.57. The van der Waals surface area contributed by atoms with Gasteiger partial charge in [-0.2, -0.15) is 0 Å². The fourth-order valence-electron chi connectivity index (χ4n) is 2.67. The zero-order chi connectivity index (χ0) is 14.9. The van der Waals surface area contributed by atoms with E-state index in [1.54, 1.807) is 0 Å². The summed E-state index contributed by atoms with van der Waals surface area (Å²) < 4.78 is 0. The first-order chi connectivity index (χ1) is 9.41. The quantitative estimate of drug-likeness (QED) is 0.793. The highest BCUT2D eigenvalue weighted by molar-refractivity contribution is 8.00. The van der Waals surface area contributed by atoms with Crippen molar-refractivity contribution in [2.75, 3.05) is 12.3 Å². The molecule has 2 amide bonds. The fraction of sp³-hybridized carbons (Fsp3) is 0.769. The van der Waals surface area contributed by atoms with Gasteiger partial charge in [0, 0.05) is 18.7 Å². The maximum atomic E-state index is 12.6. The van der Waals surface area contributed by atoms with Gasteiger partial charge in [0.15, 0.2) is 0 Å². The molecule has 0 bridgehead atoms. The predicted octanol–water partition coefficient (Wildman–Crippen LogP) is 0.523. The molecule has 0 radical (unpaired) electrons. The van der Waals surface area contributed by atoms with Crippen LogP contribution in [0.15, 0.2) is 0 Å². The molecule has 0 saturated carbocycles. The molecule has 6 nitrogen and oxygen atoms in total. The summed E-state index contributed by atoms with van der Waals surface area (Å²) in [5.74, 6) is -0.792. The number of carboxylic acids is 1. The van der Waals surface area contributed by atoms with E-state index in [9.17, 15) is 19.5 Å². The van der Waals surface area contributed by atoms with Gasteiger partial charge >= 0.3 is 5.97 Å². The third-order valence-corrected chi connectivity index (χ3v) is 5.38. The molecule has 0 aliphatic carbocycles. The number of nitrogens with zero attached hydrogens (tertiary/aromatic N) is 1. The number of carboxylic acid groups (broad SMARTS) is 1. The van der Waals surface area contributed by atoms with Crippen LogP contribution in [-0.2, 0) is 14.4 Å². The average molecular weight is 300 g/mol. The summed E-state index contributed by atoms with van der Waals surface area (Å²) in [6, 6.07) is -0.752. The summed E-state index contributed by atoms with van der Waals surface area (Å²) in [5, 5.41) is 11.9. The number of rotatable bonds is 3. The van der Waals surface area contributed by atoms with Gasteiger partial charge < -0.3 is 15.3 Å². The van der Waals surface area contributed by atoms with E-state index in [1.165, 1.54) is 16.7 Å². The minimum atomic E-state index is -0.950. The summed E-state index contributed by atoms with van der Waals surface area (Å²) in [4.78, 5) is 36.7. The molecule has 0 aromatic rings. The van der Waals surface area contributed by atoms with E-state index in [-0.39, 0.29) is 29.0 Å². The Labute approximate surface area is 122 Å². The third kappa shape index (κ3) is 2.92. The van der Waals surface area contributed by atoms with Crippen molar-refractivity contribution in [1.82, 2.24) is 10.2 Å². The van der Waals surface area contributed by atoms with Crippen molar-refractivity contribution >= 4 is 29.5 Å². The molecular weight excluding hydrogens is 280 g/mol. The lowest BCUT2D eigenvalue weighted by atomic mass is 9.96. The molecule has 2 fully saturated rings. The Hall–Kier alpha value is -1.24. The number of thioether (sulfide) groups is 1. The van der Waals surface area contributed by atoms with Crippen molar-refractivity contribution in [3.05, 3.63) is 0 Å². The first-order valence-electron chi connectivity index (χ1n) is 6.85. The van der Waals surface area contributed by atoms with Crippen LogP contribution in [0.25, 0.3) is 0 Å². The van der Waals surface area contributed by atoms with Crippen LogP contribution >= 0.6 is 11.8 Å². The van der Waals surface area contributed by atoms with E-state index in [1.807, 2.05) is 13.8 Å². The molecule has 0 aromatic heterocycles. The maximum Gasteiger partial charge on any atom is 0.327 e. The lowest BCUT2D eigenvalue weighted by Gasteiger charge is -2.34. The Morgan fingerprint density at radius 3 is 2.65 bits per heavy atom. The minimum absolute atomic E-state index is 0.0416. The smallest absolute Gasteiger partial charge is 0.327 e. The number of carbonyl (C=O) groups excluding carboxylic acids is 2. The Bertz CT molecular complexity index is 417. The Morgan fingerprint density at radius 1 is 1.45 bits per heavy atom. The largest absolute Gasteiger partial charge is 0.480 e. The molecule has 3 atom stereocenters. The number of nitrogens with one attached hydrogen (secondary N) is 1. The molecule has 2 rings (SSSR count). The number of hydrogen-bond donors (Lipinski definition) is 2. The predicted molar refractivity (Wildman–Crippen MR) is 75.1 cm³/mol. The van der Waals surface area contributed by atoms with Crippen molar-refractivity contribution in [3.63, 3.8) is 0 Å². The van der Waals surface area contributed by atoms with Crippen molar-refractivity contribution < 1.29 is 19.5 Å². The third-order valence-electron chi connectivity index (χ3n) is 3.76. The van der Waals surface area contributed by atoms with E-state index in [2.05, 4.69) is 5.32 Å². The van der Waals surface area contributed by atoms with E-state index < -0.39 is 12.0 Å². The molecule has 0 aromatic carbocycles. The first kappa shape index (κ1) is 15.2. The number of aliphatic carboxylic acids is 1. The van der Waals surface area contributed by atoms with Gasteiger partial charge in [-0.05, 0) is 12.3 Å². The van der Waals surface area contributed by atoms with Crippen LogP contribution in [0.4, 0.5) is 0 Å². The molecule has 3 unspecified atom stereocenters. The summed E-state index contributed by atoms with van der Waals surface area (Å²) in [6.07, 6.45) is 0.838. The minimum Gasteiger partial charge on any atom is -0.480 e. The van der Waals surface area contributed by atoms with Gasteiger partial charge in [0.05, 0.1) is 11.3 Å². The highest BCUT2D eigenvalue weighted by Crippen LogP contribution is 2.35. The molecule has 2 aliphatic heterocycles. The summed E-state index contributed by atoms with van der Waals surface area (Å²) >= 11 is 1.52. The molecule has 7 heteroatoms. The molecule has 20 heavy (non-hydrogen) atoms. The summed E-state index contributed by atoms with van der Waals surface area (Å²) in [6.45, 7) is 4.30. The van der Waals surface area contributed by atoms with Crippen molar-refractivity contribution in [2.24, 2.45) is 11.8 Å². The molecule has 2 saturated heterocycles. The van der Waals surface area contributed by atoms with Gasteiger partial charge in [-0.15, -0.1) is 11.8 Å². The van der Waals surface area contributed by atoms with Gasteiger partial charge in [0.1, 0.15) is 6.04 Å². The zero-order valence-electron chi connectivity index (χ0n) is 11.7. The van der Waals surface area contributed by atoms with Crippen molar-refractivity contribution in [1.29, 1.82) is 0 Å². The zero-order valence-corrected chi connectivity index (χ0v) is 12.5. The van der Waals surface area contributed by atoms with Crippen molar-refractivity contribution in [3.8, 4) is 0 Å². The van der Waals surface area contributed by atoms with Gasteiger partial charge in [0.2, 0.25) is 11.8 Å². The first-order valence-corrected chi connectivity index (χ1v) is 7.90. The van der Waals surface area contributed by atoms with E-state index in [4.69, 9.17) is 0 Å². The van der Waals surface area contributed by atoms with E-state index >= 15 is 0 Å². The van der Waals surface area contributed by atoms with Crippen LogP contribution < -0.4 is 5.32 Å². The molecular formula is C13H20N2O4S. The van der Waals surface area contributed by atoms with Gasteiger partial charge in [0.25, 0.3) is 0 Å². The second-order valence-corrected chi connectivity index (χ2v) is 6.76. The van der Waals surface area contributed by atoms with Crippen LogP contribution in [0, 0.1) is 11.8 Å². The fourth-order valence-corrected chi connectivity index (χ4v) is 4.14.